The summed E-state index contributed by atoms with van der Waals surface area (Å²) in [6, 6.07) is 0. The van der Waals surface area contributed by atoms with Gasteiger partial charge < -0.3 is 0 Å². The van der Waals surface area contributed by atoms with E-state index in [4.69, 9.17) is 23.2 Å². The number of nitrogens with zero attached hydrogens (tertiary/aromatic N) is 1. The molecule has 2 nitrogen and oxygen atoms in total. The van der Waals surface area contributed by atoms with E-state index >= 15 is 0 Å². The van der Waals surface area contributed by atoms with Gasteiger partial charge in [-0.05, 0) is 0 Å². The summed E-state index contributed by atoms with van der Waals surface area (Å²) in [4.78, 5) is 3.69. The molecule has 0 aliphatic carbocycles. The molecule has 0 aliphatic heterocycles. The van der Waals surface area contributed by atoms with Crippen molar-refractivity contribution in [1.82, 2.24) is 4.98 Å². The molecule has 0 N–H and O–H groups in total. The molecule has 4 heteroatoms. The molecule has 0 atom stereocenters. The van der Waals surface area contributed by atoms with E-state index in [2.05, 4.69) is 4.98 Å². The summed E-state index contributed by atoms with van der Waals surface area (Å²) in [6.07, 6.45) is 2.81. The normalized spacial score (nSPS) is 9.90. The molecule has 1 heterocycles. The van der Waals surface area contributed by atoms with Crippen molar-refractivity contribution in [3.05, 3.63) is 28.0 Å². The smallest absolute Gasteiger partial charge is 0.110 e. The molecule has 1 aromatic heterocycles. The summed E-state index contributed by atoms with van der Waals surface area (Å²) in [6.45, 7) is -0.403. The molecule has 0 aliphatic rings. The fraction of sp³-hybridized carbons (Fsp3) is 0.167. The highest BCUT2D eigenvalue weighted by molar-refractivity contribution is 6.35. The first kappa shape index (κ1) is 7.79. The van der Waals surface area contributed by atoms with Gasteiger partial charge in [0.05, 0.1) is 10.0 Å². The van der Waals surface area contributed by atoms with Crippen molar-refractivity contribution >= 4 is 23.2 Å². The maximum absolute atomic E-state index is 10.4. The zero-order chi connectivity index (χ0) is 7.56. The lowest BCUT2D eigenvalue weighted by molar-refractivity contribution is 0.177. The second kappa shape index (κ2) is 3.19. The molecule has 0 aromatic carbocycles. The quantitative estimate of drug-likeness (QED) is 0.647. The van der Waals surface area contributed by atoms with Gasteiger partial charge in [-0.15, -0.1) is 0 Å². The molecule has 0 bridgehead atoms. The standard InChI is InChI=1S/C6H4Cl2NO/c7-5-1-9-2-6(8)4(5)3-10/h1-2H,3H2. The van der Waals surface area contributed by atoms with Crippen molar-refractivity contribution in [3.8, 4) is 0 Å². The highest BCUT2D eigenvalue weighted by Crippen LogP contribution is 2.22. The molecule has 53 valence electrons. The molecule has 0 fully saturated rings. The minimum Gasteiger partial charge on any atom is -0.262 e. The van der Waals surface area contributed by atoms with E-state index in [0.717, 1.165) is 0 Å². The first-order chi connectivity index (χ1) is 4.75. The largest absolute Gasteiger partial charge is 0.262 e. The monoisotopic (exact) mass is 176 g/mol. The Morgan fingerprint density at radius 3 is 2.10 bits per heavy atom. The van der Waals surface area contributed by atoms with Crippen molar-refractivity contribution in [2.24, 2.45) is 0 Å². The summed E-state index contributed by atoms with van der Waals surface area (Å²) in [5.41, 5.74) is 0.415. The summed E-state index contributed by atoms with van der Waals surface area (Å²) < 4.78 is 0. The Morgan fingerprint density at radius 2 is 1.80 bits per heavy atom. The summed E-state index contributed by atoms with van der Waals surface area (Å²) in [7, 11) is 0. The van der Waals surface area contributed by atoms with E-state index in [1.165, 1.54) is 12.4 Å². The second-order valence-corrected chi connectivity index (χ2v) is 2.54. The molecule has 1 radical (unpaired) electrons. The van der Waals surface area contributed by atoms with Gasteiger partial charge in [0.25, 0.3) is 0 Å². The summed E-state index contributed by atoms with van der Waals surface area (Å²) in [5.74, 6) is 0. The van der Waals surface area contributed by atoms with Crippen LogP contribution in [0.3, 0.4) is 0 Å². The van der Waals surface area contributed by atoms with Gasteiger partial charge in [0, 0.05) is 18.0 Å². The Bertz CT molecular complexity index is 219. The fourth-order valence-corrected chi connectivity index (χ4v) is 1.05. The van der Waals surface area contributed by atoms with E-state index in [1.807, 2.05) is 0 Å². The van der Waals surface area contributed by atoms with Gasteiger partial charge in [-0.3, -0.25) is 4.98 Å². The van der Waals surface area contributed by atoms with Crippen LogP contribution in [0.25, 0.3) is 0 Å². The van der Waals surface area contributed by atoms with Gasteiger partial charge in [-0.2, -0.15) is 0 Å². The maximum Gasteiger partial charge on any atom is 0.110 e. The average molecular weight is 177 g/mol. The molecule has 1 aromatic rings. The number of halogens is 2. The van der Waals surface area contributed by atoms with E-state index in [-0.39, 0.29) is 0 Å². The molecule has 0 saturated carbocycles. The number of rotatable bonds is 1. The Kier molecular flexibility index (Phi) is 2.49. The lowest BCUT2D eigenvalue weighted by Crippen LogP contribution is -1.86. The van der Waals surface area contributed by atoms with Crippen molar-refractivity contribution in [3.63, 3.8) is 0 Å². The van der Waals surface area contributed by atoms with Crippen LogP contribution < -0.4 is 0 Å². The fourth-order valence-electron chi connectivity index (χ4n) is 0.576. The van der Waals surface area contributed by atoms with Crippen LogP contribution in [0.4, 0.5) is 0 Å². The molecule has 0 unspecified atom stereocenters. The van der Waals surface area contributed by atoms with Crippen molar-refractivity contribution < 1.29 is 5.11 Å². The number of pyridine rings is 1. The van der Waals surface area contributed by atoms with Gasteiger partial charge >= 0.3 is 0 Å². The minimum atomic E-state index is -0.403. The van der Waals surface area contributed by atoms with Crippen LogP contribution in [0, 0.1) is 0 Å². The van der Waals surface area contributed by atoms with Crippen LogP contribution in [0.5, 0.6) is 0 Å². The molecule has 0 amide bonds. The maximum atomic E-state index is 10.4. The van der Waals surface area contributed by atoms with Crippen LogP contribution in [-0.2, 0) is 11.7 Å². The minimum absolute atomic E-state index is 0.336. The van der Waals surface area contributed by atoms with Crippen molar-refractivity contribution in [1.29, 1.82) is 0 Å². The van der Waals surface area contributed by atoms with Gasteiger partial charge in [-0.1, -0.05) is 23.2 Å². The van der Waals surface area contributed by atoms with E-state index in [0.29, 0.717) is 15.6 Å². The van der Waals surface area contributed by atoms with Gasteiger partial charge in [0.1, 0.15) is 6.61 Å². The second-order valence-electron chi connectivity index (χ2n) is 1.73. The number of hydrogen-bond acceptors (Lipinski definition) is 1. The zero-order valence-corrected chi connectivity index (χ0v) is 6.49. The lowest BCUT2D eigenvalue weighted by atomic mass is 10.3. The number of hydrogen-bond donors (Lipinski definition) is 0. The molecule has 0 spiro atoms. The molecule has 1 rings (SSSR count). The predicted molar refractivity (Wildman–Crippen MR) is 38.6 cm³/mol. The first-order valence-corrected chi connectivity index (χ1v) is 3.37. The summed E-state index contributed by atoms with van der Waals surface area (Å²) >= 11 is 11.2. The Labute approximate surface area is 68.4 Å². The first-order valence-electron chi connectivity index (χ1n) is 2.61. The lowest BCUT2D eigenvalue weighted by Gasteiger charge is -1.98. The van der Waals surface area contributed by atoms with E-state index in [9.17, 15) is 5.11 Å². The highest BCUT2D eigenvalue weighted by Gasteiger charge is 2.03. The Morgan fingerprint density at radius 1 is 1.30 bits per heavy atom. The highest BCUT2D eigenvalue weighted by atomic mass is 35.5. The van der Waals surface area contributed by atoms with E-state index in [1.54, 1.807) is 0 Å². The van der Waals surface area contributed by atoms with Gasteiger partial charge in [0.2, 0.25) is 0 Å². The van der Waals surface area contributed by atoms with E-state index < -0.39 is 6.61 Å². The summed E-state index contributed by atoms with van der Waals surface area (Å²) in [5, 5.41) is 11.0. The van der Waals surface area contributed by atoms with Crippen molar-refractivity contribution in [2.75, 3.05) is 0 Å². The van der Waals surface area contributed by atoms with Crippen LogP contribution in [0.15, 0.2) is 12.4 Å². The van der Waals surface area contributed by atoms with Gasteiger partial charge in [-0.25, -0.2) is 5.11 Å². The Balaban J connectivity index is 3.17. The van der Waals surface area contributed by atoms with Crippen LogP contribution in [0.2, 0.25) is 10.0 Å². The Hall–Kier alpha value is -0.310. The third-order valence-electron chi connectivity index (χ3n) is 1.10. The van der Waals surface area contributed by atoms with Crippen LogP contribution in [0.1, 0.15) is 5.56 Å². The van der Waals surface area contributed by atoms with Crippen LogP contribution in [-0.4, -0.2) is 4.98 Å². The molecule has 10 heavy (non-hydrogen) atoms. The SMILES string of the molecule is [O]Cc1c(Cl)cncc1Cl. The molecular weight excluding hydrogens is 173 g/mol. The van der Waals surface area contributed by atoms with Crippen LogP contribution >= 0.6 is 23.2 Å². The topological polar surface area (TPSA) is 32.8 Å². The predicted octanol–water partition coefficient (Wildman–Crippen LogP) is 2.32. The third kappa shape index (κ3) is 1.40. The van der Waals surface area contributed by atoms with Gasteiger partial charge in [0.15, 0.2) is 0 Å². The third-order valence-corrected chi connectivity index (χ3v) is 1.75. The van der Waals surface area contributed by atoms with Crippen molar-refractivity contribution in [2.45, 2.75) is 6.61 Å². The average Bonchev–Trinajstić information content (AvgIpc) is 1.88. The zero-order valence-electron chi connectivity index (χ0n) is 4.97. The molecular formula is C6H4Cl2NO. The molecule has 0 saturated heterocycles. The number of aromatic nitrogens is 1.